The fourth-order valence-corrected chi connectivity index (χ4v) is 3.85. The van der Waals surface area contributed by atoms with Crippen LogP contribution in [0.25, 0.3) is 0 Å². The van der Waals surface area contributed by atoms with Crippen molar-refractivity contribution in [3.05, 3.63) is 65.7 Å². The number of thioether (sulfide) groups is 1. The summed E-state index contributed by atoms with van der Waals surface area (Å²) in [5.74, 6) is 0.808. The Hall–Kier alpha value is -1.88. The lowest BCUT2D eigenvalue weighted by Crippen LogP contribution is -2.33. The van der Waals surface area contributed by atoms with E-state index in [0.29, 0.717) is 0 Å². The van der Waals surface area contributed by atoms with Gasteiger partial charge in [0.15, 0.2) is 5.17 Å². The summed E-state index contributed by atoms with van der Waals surface area (Å²) in [5.41, 5.74) is 2.23. The van der Waals surface area contributed by atoms with Crippen molar-refractivity contribution in [2.75, 3.05) is 12.3 Å². The lowest BCUT2D eigenvalue weighted by Gasteiger charge is -2.36. The van der Waals surface area contributed by atoms with Crippen molar-refractivity contribution < 1.29 is 4.39 Å². The first kappa shape index (κ1) is 16.0. The lowest BCUT2D eigenvalue weighted by molar-refractivity contribution is 0.273. The molecule has 1 aliphatic heterocycles. The van der Waals surface area contributed by atoms with Gasteiger partial charge in [-0.1, -0.05) is 30.0 Å². The second kappa shape index (κ2) is 7.13. The highest BCUT2D eigenvalue weighted by atomic mass is 32.2. The van der Waals surface area contributed by atoms with Gasteiger partial charge in [0.25, 0.3) is 0 Å². The SMILES string of the molecule is CC(c1ccc(F)cc1)N(C1=NCCS1)C(C)c1cccnc1. The smallest absolute Gasteiger partial charge is 0.160 e. The predicted octanol–water partition coefficient (Wildman–Crippen LogP) is 4.45. The standard InChI is InChI=1S/C18H20FN3S/c1-13(15-5-7-17(19)8-6-15)22(18-21-10-11-23-18)14(2)16-4-3-9-20-12-16/h3-9,12-14H,10-11H2,1-2H3. The van der Waals surface area contributed by atoms with Gasteiger partial charge >= 0.3 is 0 Å². The van der Waals surface area contributed by atoms with E-state index in [9.17, 15) is 4.39 Å². The van der Waals surface area contributed by atoms with Gasteiger partial charge in [0, 0.05) is 18.1 Å². The zero-order valence-electron chi connectivity index (χ0n) is 13.3. The molecule has 0 N–H and O–H groups in total. The number of hydrogen-bond donors (Lipinski definition) is 0. The fourth-order valence-electron chi connectivity index (χ4n) is 2.83. The molecule has 1 aromatic heterocycles. The lowest BCUT2D eigenvalue weighted by atomic mass is 10.0. The molecule has 3 nitrogen and oxygen atoms in total. The number of aromatic nitrogens is 1. The molecule has 2 aromatic rings. The second-order valence-corrected chi connectivity index (χ2v) is 6.67. The van der Waals surface area contributed by atoms with E-state index < -0.39 is 0 Å². The first-order chi connectivity index (χ1) is 11.2. The average molecular weight is 329 g/mol. The number of hydrogen-bond acceptors (Lipinski definition) is 4. The van der Waals surface area contributed by atoms with E-state index in [1.54, 1.807) is 18.0 Å². The summed E-state index contributed by atoms with van der Waals surface area (Å²) in [7, 11) is 0. The third kappa shape index (κ3) is 3.55. The highest BCUT2D eigenvalue weighted by Gasteiger charge is 2.28. The Kier molecular flexibility index (Phi) is 4.96. The Morgan fingerprint density at radius 1 is 1.09 bits per heavy atom. The third-order valence-corrected chi connectivity index (χ3v) is 5.13. The van der Waals surface area contributed by atoms with E-state index in [0.717, 1.165) is 28.6 Å². The van der Waals surface area contributed by atoms with Gasteiger partial charge in [0.05, 0.1) is 18.6 Å². The maximum atomic E-state index is 13.2. The molecular weight excluding hydrogens is 309 g/mol. The van der Waals surface area contributed by atoms with Gasteiger partial charge in [-0.3, -0.25) is 9.98 Å². The van der Waals surface area contributed by atoms with E-state index in [-0.39, 0.29) is 17.9 Å². The molecule has 120 valence electrons. The Bertz CT molecular complexity index is 672. The van der Waals surface area contributed by atoms with Crippen LogP contribution in [0.5, 0.6) is 0 Å². The van der Waals surface area contributed by atoms with Crippen molar-refractivity contribution in [3.8, 4) is 0 Å². The van der Waals surface area contributed by atoms with Crippen LogP contribution >= 0.6 is 11.8 Å². The third-order valence-electron chi connectivity index (χ3n) is 4.14. The highest BCUT2D eigenvalue weighted by molar-refractivity contribution is 8.14. The normalized spacial score (nSPS) is 16.7. The molecule has 1 aliphatic rings. The summed E-state index contributed by atoms with van der Waals surface area (Å²) in [5, 5.41) is 1.05. The van der Waals surface area contributed by atoms with Gasteiger partial charge in [0.2, 0.25) is 0 Å². The second-order valence-electron chi connectivity index (χ2n) is 5.61. The van der Waals surface area contributed by atoms with E-state index in [1.165, 1.54) is 12.1 Å². The van der Waals surface area contributed by atoms with Crippen LogP contribution in [0.2, 0.25) is 0 Å². The molecule has 0 bridgehead atoms. The van der Waals surface area contributed by atoms with Crippen molar-refractivity contribution in [1.82, 2.24) is 9.88 Å². The summed E-state index contributed by atoms with van der Waals surface area (Å²) in [6, 6.07) is 11.0. The molecule has 2 atom stereocenters. The van der Waals surface area contributed by atoms with Crippen LogP contribution in [0.15, 0.2) is 53.8 Å². The molecule has 2 unspecified atom stereocenters. The largest absolute Gasteiger partial charge is 0.338 e. The van der Waals surface area contributed by atoms with Crippen molar-refractivity contribution >= 4 is 16.9 Å². The molecule has 0 saturated carbocycles. The molecule has 2 heterocycles. The van der Waals surface area contributed by atoms with Crippen LogP contribution in [-0.2, 0) is 0 Å². The van der Waals surface area contributed by atoms with E-state index in [2.05, 4.69) is 34.8 Å². The van der Waals surface area contributed by atoms with Crippen LogP contribution in [-0.4, -0.2) is 27.3 Å². The first-order valence-electron chi connectivity index (χ1n) is 7.78. The fraction of sp³-hybridized carbons (Fsp3) is 0.333. The number of aliphatic imine (C=N–C) groups is 1. The zero-order chi connectivity index (χ0) is 16.2. The van der Waals surface area contributed by atoms with Crippen LogP contribution in [0.4, 0.5) is 4.39 Å². The van der Waals surface area contributed by atoms with Crippen LogP contribution in [0, 0.1) is 5.82 Å². The molecule has 3 rings (SSSR count). The van der Waals surface area contributed by atoms with Gasteiger partial charge in [-0.2, -0.15) is 0 Å². The van der Waals surface area contributed by atoms with E-state index >= 15 is 0 Å². The Morgan fingerprint density at radius 3 is 2.43 bits per heavy atom. The van der Waals surface area contributed by atoms with Gasteiger partial charge in [-0.15, -0.1) is 0 Å². The van der Waals surface area contributed by atoms with Crippen molar-refractivity contribution in [1.29, 1.82) is 0 Å². The van der Waals surface area contributed by atoms with Crippen LogP contribution in [0.1, 0.15) is 37.1 Å². The summed E-state index contributed by atoms with van der Waals surface area (Å²) in [4.78, 5) is 11.2. The first-order valence-corrected chi connectivity index (χ1v) is 8.76. The molecular formula is C18H20FN3S. The predicted molar refractivity (Wildman–Crippen MR) is 94.1 cm³/mol. The van der Waals surface area contributed by atoms with Crippen molar-refractivity contribution in [3.63, 3.8) is 0 Å². The minimum atomic E-state index is -0.208. The van der Waals surface area contributed by atoms with E-state index in [1.807, 2.05) is 24.4 Å². The Balaban J connectivity index is 1.93. The summed E-state index contributed by atoms with van der Waals surface area (Å²) in [6.45, 7) is 5.16. The number of amidine groups is 1. The molecule has 1 aromatic carbocycles. The van der Waals surface area contributed by atoms with Crippen LogP contribution in [0.3, 0.4) is 0 Å². The monoisotopic (exact) mass is 329 g/mol. The molecule has 0 aliphatic carbocycles. The van der Waals surface area contributed by atoms with Gasteiger partial charge < -0.3 is 4.90 Å². The number of nitrogens with zero attached hydrogens (tertiary/aromatic N) is 3. The molecule has 0 fully saturated rings. The van der Waals surface area contributed by atoms with Crippen molar-refractivity contribution in [2.24, 2.45) is 4.99 Å². The molecule has 0 amide bonds. The Morgan fingerprint density at radius 2 is 1.83 bits per heavy atom. The molecule has 0 spiro atoms. The number of halogens is 1. The molecule has 23 heavy (non-hydrogen) atoms. The average Bonchev–Trinajstić information content (AvgIpc) is 3.10. The number of benzene rings is 1. The summed E-state index contributed by atoms with van der Waals surface area (Å²) in [6.07, 6.45) is 3.68. The molecule has 0 saturated heterocycles. The minimum absolute atomic E-state index is 0.107. The number of rotatable bonds is 4. The maximum absolute atomic E-state index is 13.2. The van der Waals surface area contributed by atoms with Crippen molar-refractivity contribution in [2.45, 2.75) is 25.9 Å². The molecule has 5 heteroatoms. The van der Waals surface area contributed by atoms with E-state index in [4.69, 9.17) is 0 Å². The maximum Gasteiger partial charge on any atom is 0.160 e. The minimum Gasteiger partial charge on any atom is -0.338 e. The summed E-state index contributed by atoms with van der Waals surface area (Å²) < 4.78 is 13.2. The number of pyridine rings is 1. The molecule has 0 radical (unpaired) electrons. The highest BCUT2D eigenvalue weighted by Crippen LogP contribution is 2.34. The van der Waals surface area contributed by atoms with Gasteiger partial charge in [0.1, 0.15) is 5.82 Å². The van der Waals surface area contributed by atoms with Gasteiger partial charge in [-0.25, -0.2) is 4.39 Å². The topological polar surface area (TPSA) is 28.5 Å². The quantitative estimate of drug-likeness (QED) is 0.830. The van der Waals surface area contributed by atoms with Crippen LogP contribution < -0.4 is 0 Å². The summed E-state index contributed by atoms with van der Waals surface area (Å²) >= 11 is 1.78. The Labute approximate surface area is 140 Å². The van der Waals surface area contributed by atoms with Gasteiger partial charge in [-0.05, 0) is 43.2 Å². The zero-order valence-corrected chi connectivity index (χ0v) is 14.1.